The van der Waals surface area contributed by atoms with Crippen molar-refractivity contribution in [2.75, 3.05) is 5.32 Å². The third-order valence-corrected chi connectivity index (χ3v) is 3.42. The van der Waals surface area contributed by atoms with Crippen LogP contribution in [0.25, 0.3) is 11.5 Å². The predicted molar refractivity (Wildman–Crippen MR) is 83.3 cm³/mol. The molecule has 0 saturated heterocycles. The van der Waals surface area contributed by atoms with Crippen LogP contribution in [0.15, 0.2) is 35.2 Å². The lowest BCUT2D eigenvalue weighted by Crippen LogP contribution is -2.05. The fourth-order valence-corrected chi connectivity index (χ4v) is 2.20. The first kappa shape index (κ1) is 14.2. The summed E-state index contributed by atoms with van der Waals surface area (Å²) < 4.78 is 5.20. The van der Waals surface area contributed by atoms with Crippen LogP contribution >= 0.6 is 0 Å². The van der Waals surface area contributed by atoms with E-state index in [0.717, 1.165) is 0 Å². The molecule has 3 aromatic rings. The molecule has 112 valence electrons. The van der Waals surface area contributed by atoms with Gasteiger partial charge in [-0.3, -0.25) is 0 Å². The monoisotopic (exact) mass is 295 g/mol. The highest BCUT2D eigenvalue weighted by atomic mass is 16.5. The van der Waals surface area contributed by atoms with Crippen LogP contribution in [-0.4, -0.2) is 20.1 Å². The van der Waals surface area contributed by atoms with E-state index in [1.54, 1.807) is 13.1 Å². The van der Waals surface area contributed by atoms with Crippen molar-refractivity contribution < 1.29 is 4.52 Å². The maximum absolute atomic E-state index is 5.20. The highest BCUT2D eigenvalue weighted by molar-refractivity contribution is 5.67. The van der Waals surface area contributed by atoms with Gasteiger partial charge in [-0.15, -0.1) is 0 Å². The zero-order chi connectivity index (χ0) is 15.5. The highest BCUT2D eigenvalue weighted by Crippen LogP contribution is 2.24. The smallest absolute Gasteiger partial charge is 0.263 e. The van der Waals surface area contributed by atoms with Crippen molar-refractivity contribution in [1.29, 1.82) is 0 Å². The Hall–Kier alpha value is -2.76. The third-order valence-electron chi connectivity index (χ3n) is 3.42. The van der Waals surface area contributed by atoms with E-state index < -0.39 is 0 Å². The van der Waals surface area contributed by atoms with Crippen molar-refractivity contribution >= 4 is 5.82 Å². The first-order valence-corrected chi connectivity index (χ1v) is 7.04. The van der Waals surface area contributed by atoms with Crippen LogP contribution in [0.2, 0.25) is 0 Å². The molecule has 0 amide bonds. The molecule has 1 N–H and O–H groups in total. The second-order valence-electron chi connectivity index (χ2n) is 5.22. The number of anilines is 1. The van der Waals surface area contributed by atoms with E-state index in [2.05, 4.69) is 57.5 Å². The van der Waals surface area contributed by atoms with Crippen molar-refractivity contribution in [2.24, 2.45) is 0 Å². The Morgan fingerprint density at radius 2 is 2.05 bits per heavy atom. The predicted octanol–water partition coefficient (Wildman–Crippen LogP) is 3.06. The highest BCUT2D eigenvalue weighted by Gasteiger charge is 2.13. The Morgan fingerprint density at radius 1 is 1.18 bits per heavy atom. The number of hydrogen-bond donors (Lipinski definition) is 1. The van der Waals surface area contributed by atoms with Crippen molar-refractivity contribution in [3.63, 3.8) is 0 Å². The largest absolute Gasteiger partial charge is 0.365 e. The maximum atomic E-state index is 5.20. The summed E-state index contributed by atoms with van der Waals surface area (Å²) in [6.07, 6.45) is 3.17. The Kier molecular flexibility index (Phi) is 3.82. The van der Waals surface area contributed by atoms with Gasteiger partial charge in [-0.1, -0.05) is 28.9 Å². The zero-order valence-corrected chi connectivity index (χ0v) is 12.8. The van der Waals surface area contributed by atoms with E-state index in [9.17, 15) is 0 Å². The number of nitrogens with zero attached hydrogens (tertiary/aromatic N) is 4. The van der Waals surface area contributed by atoms with Gasteiger partial charge in [-0.05, 0) is 31.9 Å². The second-order valence-corrected chi connectivity index (χ2v) is 5.22. The average molecular weight is 295 g/mol. The number of aryl methyl sites for hydroxylation is 3. The minimum Gasteiger partial charge on any atom is -0.365 e. The van der Waals surface area contributed by atoms with Gasteiger partial charge in [0.1, 0.15) is 17.7 Å². The normalized spacial score (nSPS) is 10.7. The van der Waals surface area contributed by atoms with Crippen LogP contribution in [0.1, 0.15) is 22.5 Å². The standard InChI is InChI=1S/C16H17N5O/c1-10-4-5-11(2)13(6-10)7-18-15-14(8-17-9-19-15)16-20-12(3)21-22-16/h4-6,8-9H,7H2,1-3H3,(H,17,18,19). The molecule has 0 saturated carbocycles. The van der Waals surface area contributed by atoms with Crippen molar-refractivity contribution in [2.45, 2.75) is 27.3 Å². The van der Waals surface area contributed by atoms with Crippen LogP contribution in [-0.2, 0) is 6.54 Å². The van der Waals surface area contributed by atoms with E-state index in [1.165, 1.54) is 23.0 Å². The molecule has 1 aromatic carbocycles. The summed E-state index contributed by atoms with van der Waals surface area (Å²) in [6.45, 7) is 6.63. The zero-order valence-electron chi connectivity index (χ0n) is 12.8. The molecule has 6 heteroatoms. The number of benzene rings is 1. The number of aromatic nitrogens is 4. The maximum Gasteiger partial charge on any atom is 0.263 e. The Bertz CT molecular complexity index is 797. The molecule has 0 aliphatic heterocycles. The molecule has 0 bridgehead atoms. The van der Waals surface area contributed by atoms with Gasteiger partial charge in [0.25, 0.3) is 5.89 Å². The SMILES string of the molecule is Cc1ccc(C)c(CNc2ncncc2-c2nc(C)no2)c1. The van der Waals surface area contributed by atoms with Crippen LogP contribution < -0.4 is 5.32 Å². The number of hydrogen-bond acceptors (Lipinski definition) is 6. The molecule has 2 aromatic heterocycles. The van der Waals surface area contributed by atoms with Crippen LogP contribution in [0.5, 0.6) is 0 Å². The quantitative estimate of drug-likeness (QED) is 0.797. The fraction of sp³-hybridized carbons (Fsp3) is 0.250. The van der Waals surface area contributed by atoms with Crippen molar-refractivity contribution in [3.8, 4) is 11.5 Å². The van der Waals surface area contributed by atoms with Crippen LogP contribution in [0.3, 0.4) is 0 Å². The Balaban J connectivity index is 1.85. The van der Waals surface area contributed by atoms with E-state index in [0.29, 0.717) is 29.6 Å². The number of rotatable bonds is 4. The van der Waals surface area contributed by atoms with Gasteiger partial charge >= 0.3 is 0 Å². The molecule has 0 aliphatic carbocycles. The van der Waals surface area contributed by atoms with Crippen molar-refractivity contribution in [1.82, 2.24) is 20.1 Å². The van der Waals surface area contributed by atoms with Gasteiger partial charge in [0.15, 0.2) is 5.82 Å². The van der Waals surface area contributed by atoms with E-state index >= 15 is 0 Å². The van der Waals surface area contributed by atoms with Gasteiger partial charge in [0.2, 0.25) is 0 Å². The minimum absolute atomic E-state index is 0.418. The molecule has 0 spiro atoms. The van der Waals surface area contributed by atoms with Crippen LogP contribution in [0.4, 0.5) is 5.82 Å². The molecular weight excluding hydrogens is 278 g/mol. The molecule has 0 aliphatic rings. The first-order valence-electron chi connectivity index (χ1n) is 7.04. The van der Waals surface area contributed by atoms with E-state index in [-0.39, 0.29) is 0 Å². The molecule has 3 rings (SSSR count). The summed E-state index contributed by atoms with van der Waals surface area (Å²) in [7, 11) is 0. The van der Waals surface area contributed by atoms with Gasteiger partial charge < -0.3 is 9.84 Å². The first-order chi connectivity index (χ1) is 10.6. The molecule has 0 fully saturated rings. The van der Waals surface area contributed by atoms with Gasteiger partial charge in [-0.25, -0.2) is 9.97 Å². The second kappa shape index (κ2) is 5.93. The molecule has 0 atom stereocenters. The summed E-state index contributed by atoms with van der Waals surface area (Å²) >= 11 is 0. The molecule has 0 radical (unpaired) electrons. The lowest BCUT2D eigenvalue weighted by atomic mass is 10.1. The summed E-state index contributed by atoms with van der Waals surface area (Å²) in [5.74, 6) is 1.68. The van der Waals surface area contributed by atoms with Crippen LogP contribution in [0, 0.1) is 20.8 Å². The fourth-order valence-electron chi connectivity index (χ4n) is 2.20. The van der Waals surface area contributed by atoms with E-state index in [4.69, 9.17) is 4.52 Å². The molecular formula is C16H17N5O. The average Bonchev–Trinajstić information content (AvgIpc) is 2.95. The molecule has 2 heterocycles. The van der Waals surface area contributed by atoms with Gasteiger partial charge in [0.05, 0.1) is 0 Å². The molecule has 22 heavy (non-hydrogen) atoms. The minimum atomic E-state index is 0.418. The van der Waals surface area contributed by atoms with Gasteiger partial charge in [0, 0.05) is 12.7 Å². The molecule has 6 nitrogen and oxygen atoms in total. The topological polar surface area (TPSA) is 76.7 Å². The number of nitrogens with one attached hydrogen (secondary N) is 1. The third kappa shape index (κ3) is 2.95. The summed E-state index contributed by atoms with van der Waals surface area (Å²) in [4.78, 5) is 12.6. The molecule has 0 unspecified atom stereocenters. The lowest BCUT2D eigenvalue weighted by Gasteiger charge is -2.10. The summed E-state index contributed by atoms with van der Waals surface area (Å²) in [6, 6.07) is 6.39. The lowest BCUT2D eigenvalue weighted by molar-refractivity contribution is 0.425. The van der Waals surface area contributed by atoms with E-state index in [1.807, 2.05) is 0 Å². The Labute approximate surface area is 128 Å². The summed E-state index contributed by atoms with van der Waals surface area (Å²) in [5, 5.41) is 7.14. The van der Waals surface area contributed by atoms with Gasteiger partial charge in [-0.2, -0.15) is 4.98 Å². The Morgan fingerprint density at radius 3 is 2.82 bits per heavy atom. The summed E-state index contributed by atoms with van der Waals surface area (Å²) in [5.41, 5.74) is 4.40. The van der Waals surface area contributed by atoms with Crippen molar-refractivity contribution in [3.05, 3.63) is 53.2 Å².